The molecule has 162 valence electrons. The lowest BCUT2D eigenvalue weighted by Crippen LogP contribution is -2.48. The molecule has 0 amide bonds. The number of hydrogen-bond donors (Lipinski definition) is 0. The number of ketones is 1. The third-order valence-electron chi connectivity index (χ3n) is 6.59. The van der Waals surface area contributed by atoms with Crippen LogP contribution in [0.5, 0.6) is 0 Å². The van der Waals surface area contributed by atoms with Crippen molar-refractivity contribution in [2.75, 3.05) is 37.6 Å². The summed E-state index contributed by atoms with van der Waals surface area (Å²) in [6.07, 6.45) is 4.59. The van der Waals surface area contributed by atoms with Crippen LogP contribution in [-0.4, -0.2) is 57.6 Å². The number of carbonyl (C=O) groups is 1. The molecule has 1 aliphatic heterocycles. The van der Waals surface area contributed by atoms with E-state index in [0.717, 1.165) is 51.1 Å². The molecule has 3 heterocycles. The Kier molecular flexibility index (Phi) is 5.14. The summed E-state index contributed by atoms with van der Waals surface area (Å²) in [6, 6.07) is 14.0. The average molecular weight is 420 g/mol. The first-order valence-electron chi connectivity index (χ1n) is 11.1. The van der Waals surface area contributed by atoms with Gasteiger partial charge in [-0.15, -0.1) is 5.10 Å². The SMILES string of the molecule is CC(=O)Cc1cccc(N2CCN(CC3(Cn4nc5ccccn5c4=O)CC3)CC2)c1. The summed E-state index contributed by atoms with van der Waals surface area (Å²) in [6.45, 7) is 7.34. The summed E-state index contributed by atoms with van der Waals surface area (Å²) in [5, 5.41) is 4.53. The van der Waals surface area contributed by atoms with E-state index in [1.165, 1.54) is 5.69 Å². The van der Waals surface area contributed by atoms with E-state index in [1.54, 1.807) is 22.2 Å². The van der Waals surface area contributed by atoms with Gasteiger partial charge in [0, 0.05) is 56.4 Å². The molecule has 1 saturated heterocycles. The summed E-state index contributed by atoms with van der Waals surface area (Å²) in [7, 11) is 0. The van der Waals surface area contributed by atoms with Gasteiger partial charge in [-0.1, -0.05) is 18.2 Å². The monoisotopic (exact) mass is 419 g/mol. The molecule has 0 unspecified atom stereocenters. The summed E-state index contributed by atoms with van der Waals surface area (Å²) >= 11 is 0. The van der Waals surface area contributed by atoms with Crippen molar-refractivity contribution in [1.29, 1.82) is 0 Å². The Morgan fingerprint density at radius 3 is 2.55 bits per heavy atom. The zero-order valence-corrected chi connectivity index (χ0v) is 18.0. The fraction of sp³-hybridized carbons (Fsp3) is 0.458. The average Bonchev–Trinajstić information content (AvgIpc) is 3.44. The minimum atomic E-state index is -0.0443. The minimum Gasteiger partial charge on any atom is -0.369 e. The first-order valence-corrected chi connectivity index (χ1v) is 11.1. The molecule has 2 aromatic heterocycles. The van der Waals surface area contributed by atoms with E-state index in [0.29, 0.717) is 18.6 Å². The Hall–Kier alpha value is -2.93. The normalized spacial score (nSPS) is 18.4. The molecule has 7 heteroatoms. The molecular weight excluding hydrogens is 390 g/mol. The maximum Gasteiger partial charge on any atom is 0.350 e. The second kappa shape index (κ2) is 7.96. The number of Topliss-reactive ketones (excluding diaryl/α,β-unsaturated/α-hetero) is 1. The number of hydrogen-bond acceptors (Lipinski definition) is 5. The van der Waals surface area contributed by atoms with Crippen molar-refractivity contribution in [2.24, 2.45) is 5.41 Å². The minimum absolute atomic E-state index is 0.0443. The first-order chi connectivity index (χ1) is 15.0. The predicted molar refractivity (Wildman–Crippen MR) is 121 cm³/mol. The van der Waals surface area contributed by atoms with Gasteiger partial charge in [0.2, 0.25) is 0 Å². The van der Waals surface area contributed by atoms with Gasteiger partial charge in [0.25, 0.3) is 0 Å². The molecule has 2 aliphatic rings. The van der Waals surface area contributed by atoms with Gasteiger partial charge >= 0.3 is 5.69 Å². The van der Waals surface area contributed by atoms with Gasteiger partial charge in [0.1, 0.15) is 5.78 Å². The maximum absolute atomic E-state index is 12.6. The lowest BCUT2D eigenvalue weighted by Gasteiger charge is -2.38. The highest BCUT2D eigenvalue weighted by Crippen LogP contribution is 2.47. The van der Waals surface area contributed by atoms with Crippen LogP contribution in [0.1, 0.15) is 25.3 Å². The van der Waals surface area contributed by atoms with E-state index in [2.05, 4.69) is 27.0 Å². The number of piperazine rings is 1. The highest BCUT2D eigenvalue weighted by molar-refractivity contribution is 5.78. The van der Waals surface area contributed by atoms with Gasteiger partial charge in [0.15, 0.2) is 5.65 Å². The summed E-state index contributed by atoms with van der Waals surface area (Å²) in [5.41, 5.74) is 3.13. The van der Waals surface area contributed by atoms with Gasteiger partial charge in [-0.25, -0.2) is 9.48 Å². The van der Waals surface area contributed by atoms with Crippen LogP contribution in [0.4, 0.5) is 5.69 Å². The van der Waals surface area contributed by atoms with Crippen LogP contribution in [0, 0.1) is 5.41 Å². The van der Waals surface area contributed by atoms with E-state index < -0.39 is 0 Å². The van der Waals surface area contributed by atoms with E-state index >= 15 is 0 Å². The number of carbonyl (C=O) groups excluding carboxylic acids is 1. The molecule has 0 bridgehead atoms. The smallest absolute Gasteiger partial charge is 0.350 e. The predicted octanol–water partition coefficient (Wildman–Crippen LogP) is 2.23. The number of pyridine rings is 1. The van der Waals surface area contributed by atoms with Crippen LogP contribution in [0.3, 0.4) is 0 Å². The Labute approximate surface area is 181 Å². The fourth-order valence-corrected chi connectivity index (χ4v) is 4.72. The highest BCUT2D eigenvalue weighted by atomic mass is 16.2. The van der Waals surface area contributed by atoms with Gasteiger partial charge < -0.3 is 4.90 Å². The second-order valence-electron chi connectivity index (χ2n) is 9.18. The Morgan fingerprint density at radius 2 is 1.84 bits per heavy atom. The van der Waals surface area contributed by atoms with E-state index in [-0.39, 0.29) is 16.9 Å². The molecule has 5 rings (SSSR count). The van der Waals surface area contributed by atoms with Crippen LogP contribution in [-0.2, 0) is 17.8 Å². The quantitative estimate of drug-likeness (QED) is 0.588. The van der Waals surface area contributed by atoms with Crippen molar-refractivity contribution in [1.82, 2.24) is 19.1 Å². The first kappa shape index (κ1) is 20.0. The van der Waals surface area contributed by atoms with Crippen molar-refractivity contribution in [3.8, 4) is 0 Å². The van der Waals surface area contributed by atoms with Gasteiger partial charge in [-0.05, 0) is 49.6 Å². The second-order valence-corrected chi connectivity index (χ2v) is 9.18. The standard InChI is InChI=1S/C24H29N5O2/c1-19(30)15-20-5-4-6-21(16-20)27-13-11-26(12-14-27)17-24(8-9-24)18-29-23(31)28-10-3-2-7-22(28)25-29/h2-7,10,16H,8-9,11-15,17-18H2,1H3. The summed E-state index contributed by atoms with van der Waals surface area (Å²) < 4.78 is 3.27. The van der Waals surface area contributed by atoms with Crippen molar-refractivity contribution in [2.45, 2.75) is 32.7 Å². The molecular formula is C24H29N5O2. The molecule has 0 radical (unpaired) electrons. The zero-order valence-electron chi connectivity index (χ0n) is 18.0. The summed E-state index contributed by atoms with van der Waals surface area (Å²) in [5.74, 6) is 0.196. The molecule has 0 N–H and O–H groups in total. The molecule has 2 fully saturated rings. The Balaban J connectivity index is 1.20. The zero-order chi connectivity index (χ0) is 21.4. The van der Waals surface area contributed by atoms with E-state index in [9.17, 15) is 9.59 Å². The van der Waals surface area contributed by atoms with Gasteiger partial charge in [-0.2, -0.15) is 0 Å². The number of anilines is 1. The van der Waals surface area contributed by atoms with Crippen LogP contribution in [0.15, 0.2) is 53.5 Å². The summed E-state index contributed by atoms with van der Waals surface area (Å²) in [4.78, 5) is 29.0. The molecule has 1 saturated carbocycles. The molecule has 7 nitrogen and oxygen atoms in total. The lowest BCUT2D eigenvalue weighted by atomic mass is 10.1. The molecule has 1 aliphatic carbocycles. The molecule has 0 spiro atoms. The molecule has 31 heavy (non-hydrogen) atoms. The number of nitrogens with zero attached hydrogens (tertiary/aromatic N) is 5. The van der Waals surface area contributed by atoms with E-state index in [1.807, 2.05) is 30.3 Å². The van der Waals surface area contributed by atoms with Crippen LogP contribution in [0.2, 0.25) is 0 Å². The third-order valence-corrected chi connectivity index (χ3v) is 6.59. The van der Waals surface area contributed by atoms with Crippen LogP contribution < -0.4 is 10.6 Å². The highest BCUT2D eigenvalue weighted by Gasteiger charge is 2.45. The van der Waals surface area contributed by atoms with Crippen molar-refractivity contribution in [3.63, 3.8) is 0 Å². The Morgan fingerprint density at radius 1 is 1.03 bits per heavy atom. The number of fused-ring (bicyclic) bond motifs is 1. The van der Waals surface area contributed by atoms with Crippen molar-refractivity contribution in [3.05, 3.63) is 64.7 Å². The fourth-order valence-electron chi connectivity index (χ4n) is 4.72. The molecule has 1 aromatic carbocycles. The Bertz CT molecular complexity index is 1150. The van der Waals surface area contributed by atoms with Crippen LogP contribution in [0.25, 0.3) is 5.65 Å². The molecule has 3 aromatic rings. The van der Waals surface area contributed by atoms with Gasteiger partial charge in [-0.3, -0.25) is 14.1 Å². The number of rotatable bonds is 7. The lowest BCUT2D eigenvalue weighted by molar-refractivity contribution is -0.116. The third kappa shape index (κ3) is 4.28. The van der Waals surface area contributed by atoms with E-state index in [4.69, 9.17) is 0 Å². The largest absolute Gasteiger partial charge is 0.369 e. The van der Waals surface area contributed by atoms with Crippen molar-refractivity contribution < 1.29 is 4.79 Å². The maximum atomic E-state index is 12.6. The number of benzene rings is 1. The molecule has 0 atom stereocenters. The van der Waals surface area contributed by atoms with Gasteiger partial charge in [0.05, 0.1) is 6.54 Å². The topological polar surface area (TPSA) is 62.9 Å². The van der Waals surface area contributed by atoms with Crippen LogP contribution >= 0.6 is 0 Å². The van der Waals surface area contributed by atoms with Crippen molar-refractivity contribution >= 4 is 17.1 Å². The number of aromatic nitrogens is 3.